The summed E-state index contributed by atoms with van der Waals surface area (Å²) in [5.41, 5.74) is 1.19. The summed E-state index contributed by atoms with van der Waals surface area (Å²) < 4.78 is 19.1. The number of fused-ring (bicyclic) bond motifs is 2. The third kappa shape index (κ3) is 2.67. The minimum atomic E-state index is -0.165. The number of nitrogens with one attached hydrogen (secondary N) is 1. The lowest BCUT2D eigenvalue weighted by Crippen LogP contribution is -2.34. The van der Waals surface area contributed by atoms with Crippen LogP contribution in [0.5, 0.6) is 0 Å². The Bertz CT molecular complexity index is 419. The van der Waals surface area contributed by atoms with E-state index in [0.29, 0.717) is 24.2 Å². The van der Waals surface area contributed by atoms with Crippen LogP contribution in [0, 0.1) is 11.7 Å². The molecule has 104 valence electrons. The summed E-state index contributed by atoms with van der Waals surface area (Å²) in [5, 5.41) is 3.63. The third-order valence-electron chi connectivity index (χ3n) is 4.42. The molecule has 0 aliphatic carbocycles. The number of halogens is 1. The minimum absolute atomic E-state index is 0.165. The van der Waals surface area contributed by atoms with E-state index in [0.717, 1.165) is 19.4 Å². The van der Waals surface area contributed by atoms with Gasteiger partial charge in [-0.25, -0.2) is 4.39 Å². The molecule has 2 nitrogen and oxygen atoms in total. The lowest BCUT2D eigenvalue weighted by Gasteiger charge is -2.29. The highest BCUT2D eigenvalue weighted by atomic mass is 19.1. The number of ether oxygens (including phenoxy) is 1. The topological polar surface area (TPSA) is 21.3 Å². The first-order valence-corrected chi connectivity index (χ1v) is 7.42. The molecule has 2 saturated heterocycles. The van der Waals surface area contributed by atoms with Crippen LogP contribution in [0.1, 0.15) is 44.2 Å². The summed E-state index contributed by atoms with van der Waals surface area (Å²) in [6, 6.07) is 7.24. The summed E-state index contributed by atoms with van der Waals surface area (Å²) in [6.07, 6.45) is 5.50. The molecule has 4 atom stereocenters. The van der Waals surface area contributed by atoms with Crippen molar-refractivity contribution in [2.24, 2.45) is 5.92 Å². The lowest BCUT2D eigenvalue weighted by molar-refractivity contribution is 0.0857. The number of hydrogen-bond acceptors (Lipinski definition) is 2. The first-order chi connectivity index (χ1) is 9.28. The Balaban J connectivity index is 1.79. The van der Waals surface area contributed by atoms with E-state index in [2.05, 4.69) is 12.2 Å². The van der Waals surface area contributed by atoms with Gasteiger partial charge < -0.3 is 10.1 Å². The SMILES string of the molecule is CCCNC(c1ccc(F)cc1)C1CC2CCC1O2. The maximum Gasteiger partial charge on any atom is 0.123 e. The van der Waals surface area contributed by atoms with Crippen LogP contribution >= 0.6 is 0 Å². The molecule has 0 radical (unpaired) electrons. The van der Waals surface area contributed by atoms with Gasteiger partial charge in [0.1, 0.15) is 5.82 Å². The predicted molar refractivity (Wildman–Crippen MR) is 73.4 cm³/mol. The molecule has 1 N–H and O–H groups in total. The van der Waals surface area contributed by atoms with Gasteiger partial charge in [0.25, 0.3) is 0 Å². The molecule has 1 aromatic carbocycles. The molecule has 2 aliphatic heterocycles. The van der Waals surface area contributed by atoms with Crippen molar-refractivity contribution in [1.29, 1.82) is 0 Å². The van der Waals surface area contributed by atoms with E-state index in [1.54, 1.807) is 12.1 Å². The van der Waals surface area contributed by atoms with Crippen molar-refractivity contribution in [1.82, 2.24) is 5.32 Å². The van der Waals surface area contributed by atoms with Gasteiger partial charge >= 0.3 is 0 Å². The largest absolute Gasteiger partial charge is 0.375 e. The second-order valence-corrected chi connectivity index (χ2v) is 5.76. The van der Waals surface area contributed by atoms with Gasteiger partial charge in [-0.15, -0.1) is 0 Å². The summed E-state index contributed by atoms with van der Waals surface area (Å²) in [6.45, 7) is 3.17. The molecule has 0 amide bonds. The van der Waals surface area contributed by atoms with E-state index in [4.69, 9.17) is 4.74 Å². The minimum Gasteiger partial charge on any atom is -0.375 e. The van der Waals surface area contributed by atoms with Gasteiger partial charge in [-0.2, -0.15) is 0 Å². The van der Waals surface area contributed by atoms with Crippen LogP contribution in [0.4, 0.5) is 4.39 Å². The molecule has 19 heavy (non-hydrogen) atoms. The van der Waals surface area contributed by atoms with Gasteiger partial charge in [0.15, 0.2) is 0 Å². The van der Waals surface area contributed by atoms with Crippen molar-refractivity contribution >= 4 is 0 Å². The van der Waals surface area contributed by atoms with Crippen molar-refractivity contribution in [2.45, 2.75) is 50.9 Å². The average molecular weight is 263 g/mol. The number of benzene rings is 1. The highest BCUT2D eigenvalue weighted by Gasteiger charge is 2.44. The van der Waals surface area contributed by atoms with E-state index >= 15 is 0 Å². The molecule has 0 saturated carbocycles. The van der Waals surface area contributed by atoms with Crippen molar-refractivity contribution in [3.05, 3.63) is 35.6 Å². The van der Waals surface area contributed by atoms with Crippen LogP contribution in [-0.4, -0.2) is 18.8 Å². The molecule has 3 heteroatoms. The van der Waals surface area contributed by atoms with Crippen LogP contribution in [-0.2, 0) is 4.74 Å². The Labute approximate surface area is 114 Å². The van der Waals surface area contributed by atoms with E-state index < -0.39 is 0 Å². The van der Waals surface area contributed by atoms with Gasteiger partial charge in [-0.05, 0) is 49.9 Å². The first-order valence-electron chi connectivity index (χ1n) is 7.42. The molecule has 2 fully saturated rings. The Kier molecular flexibility index (Phi) is 3.85. The fourth-order valence-corrected chi connectivity index (χ4v) is 3.51. The zero-order valence-corrected chi connectivity index (χ0v) is 11.4. The number of rotatable bonds is 5. The second-order valence-electron chi connectivity index (χ2n) is 5.76. The highest BCUT2D eigenvalue weighted by Crippen LogP contribution is 2.44. The quantitative estimate of drug-likeness (QED) is 0.878. The molecule has 4 unspecified atom stereocenters. The monoisotopic (exact) mass is 263 g/mol. The maximum atomic E-state index is 13.1. The Morgan fingerprint density at radius 1 is 1.32 bits per heavy atom. The predicted octanol–water partition coefficient (Wildman–Crippen LogP) is 3.43. The van der Waals surface area contributed by atoms with E-state index in [1.165, 1.54) is 18.4 Å². The fraction of sp³-hybridized carbons (Fsp3) is 0.625. The van der Waals surface area contributed by atoms with Crippen LogP contribution in [0.3, 0.4) is 0 Å². The number of hydrogen-bond donors (Lipinski definition) is 1. The Hall–Kier alpha value is -0.930. The Morgan fingerprint density at radius 2 is 2.11 bits per heavy atom. The first kappa shape index (κ1) is 13.1. The molecular formula is C16H22FNO. The lowest BCUT2D eigenvalue weighted by atomic mass is 9.81. The summed E-state index contributed by atoms with van der Waals surface area (Å²) in [4.78, 5) is 0. The van der Waals surface area contributed by atoms with Crippen LogP contribution < -0.4 is 5.32 Å². The molecule has 2 heterocycles. The third-order valence-corrected chi connectivity index (χ3v) is 4.42. The zero-order chi connectivity index (χ0) is 13.2. The van der Waals surface area contributed by atoms with E-state index in [1.807, 2.05) is 12.1 Å². The van der Waals surface area contributed by atoms with Crippen molar-refractivity contribution in [2.75, 3.05) is 6.54 Å². The van der Waals surface area contributed by atoms with E-state index in [9.17, 15) is 4.39 Å². The molecule has 0 spiro atoms. The van der Waals surface area contributed by atoms with Crippen LogP contribution in [0.15, 0.2) is 24.3 Å². The fourth-order valence-electron chi connectivity index (χ4n) is 3.51. The summed E-state index contributed by atoms with van der Waals surface area (Å²) in [7, 11) is 0. The van der Waals surface area contributed by atoms with Crippen LogP contribution in [0.2, 0.25) is 0 Å². The zero-order valence-electron chi connectivity index (χ0n) is 11.4. The molecule has 2 bridgehead atoms. The molecule has 0 aromatic heterocycles. The molecule has 1 aromatic rings. The highest BCUT2D eigenvalue weighted by molar-refractivity contribution is 5.22. The normalized spacial score (nSPS) is 30.7. The standard InChI is InChI=1S/C16H22FNO/c1-2-9-18-16(11-3-5-12(17)6-4-11)14-10-13-7-8-15(14)19-13/h3-6,13-16,18H,2,7-10H2,1H3. The van der Waals surface area contributed by atoms with Crippen molar-refractivity contribution in [3.63, 3.8) is 0 Å². The second kappa shape index (κ2) is 5.59. The summed E-state index contributed by atoms with van der Waals surface area (Å²) in [5.74, 6) is 0.373. The molecule has 2 aliphatic rings. The van der Waals surface area contributed by atoms with Gasteiger partial charge in [0, 0.05) is 12.0 Å². The van der Waals surface area contributed by atoms with Gasteiger partial charge in [-0.3, -0.25) is 0 Å². The van der Waals surface area contributed by atoms with Crippen molar-refractivity contribution < 1.29 is 9.13 Å². The average Bonchev–Trinajstić information content (AvgIpc) is 3.04. The van der Waals surface area contributed by atoms with Gasteiger partial charge in [0.2, 0.25) is 0 Å². The Morgan fingerprint density at radius 3 is 2.68 bits per heavy atom. The smallest absolute Gasteiger partial charge is 0.123 e. The van der Waals surface area contributed by atoms with E-state index in [-0.39, 0.29) is 5.82 Å². The van der Waals surface area contributed by atoms with Gasteiger partial charge in [-0.1, -0.05) is 19.1 Å². The molecular weight excluding hydrogens is 241 g/mol. The van der Waals surface area contributed by atoms with Crippen molar-refractivity contribution in [3.8, 4) is 0 Å². The van der Waals surface area contributed by atoms with Crippen LogP contribution in [0.25, 0.3) is 0 Å². The molecule has 3 rings (SSSR count). The summed E-state index contributed by atoms with van der Waals surface area (Å²) >= 11 is 0. The maximum absolute atomic E-state index is 13.1. The van der Waals surface area contributed by atoms with Gasteiger partial charge in [0.05, 0.1) is 12.2 Å².